The molecule has 0 spiro atoms. The molecule has 0 saturated carbocycles. The van der Waals surface area contributed by atoms with Crippen molar-refractivity contribution in [2.45, 2.75) is 110 Å². The first-order valence-electron chi connectivity index (χ1n) is 11.6. The van der Waals surface area contributed by atoms with Crippen LogP contribution in [0.2, 0.25) is 0 Å². The molecule has 0 aromatic rings. The third-order valence-corrected chi connectivity index (χ3v) is 7.11. The lowest BCUT2D eigenvalue weighted by atomic mass is 10.1. The van der Waals surface area contributed by atoms with Crippen LogP contribution in [0.25, 0.3) is 0 Å². The molecule has 0 fully saturated rings. The van der Waals surface area contributed by atoms with Crippen LogP contribution in [0, 0.1) is 0 Å². The van der Waals surface area contributed by atoms with Crippen LogP contribution in [0.15, 0.2) is 0 Å². The van der Waals surface area contributed by atoms with Gasteiger partial charge in [0.1, 0.15) is 23.3 Å². The van der Waals surface area contributed by atoms with Crippen molar-refractivity contribution < 1.29 is 33.8 Å². The number of carboxylic acids is 1. The topological polar surface area (TPSA) is 143 Å². The van der Waals surface area contributed by atoms with Crippen LogP contribution in [0.4, 0.5) is 9.59 Å². The van der Waals surface area contributed by atoms with Gasteiger partial charge in [-0.15, -0.1) is 0 Å². The van der Waals surface area contributed by atoms with E-state index in [1.165, 1.54) is 10.8 Å². The Balaban J connectivity index is 4.72. The van der Waals surface area contributed by atoms with E-state index in [1.54, 1.807) is 52.3 Å². The molecular formula is C23H43N3O7S2. The summed E-state index contributed by atoms with van der Waals surface area (Å²) in [4.78, 5) is 48.2. The number of hydrogen-bond donors (Lipinski definition) is 4. The van der Waals surface area contributed by atoms with Gasteiger partial charge >= 0.3 is 18.2 Å². The summed E-state index contributed by atoms with van der Waals surface area (Å²) in [6.45, 7) is 16.8. The smallest absolute Gasteiger partial charge is 0.408 e. The second-order valence-electron chi connectivity index (χ2n) is 11.0. The molecule has 0 heterocycles. The third kappa shape index (κ3) is 19.1. The average molecular weight is 538 g/mol. The van der Waals surface area contributed by atoms with Crippen LogP contribution in [-0.4, -0.2) is 69.5 Å². The maximum absolute atomic E-state index is 12.7. The first-order chi connectivity index (χ1) is 15.8. The predicted octanol–water partition coefficient (Wildman–Crippen LogP) is 4.32. The normalized spacial score (nSPS) is 13.9. The maximum atomic E-state index is 12.7. The first kappa shape index (κ1) is 33.2. The summed E-state index contributed by atoms with van der Waals surface area (Å²) in [7, 11) is 3.09. The molecule has 0 rings (SSSR count). The van der Waals surface area contributed by atoms with Crippen molar-refractivity contribution in [3.63, 3.8) is 0 Å². The highest BCUT2D eigenvalue weighted by molar-refractivity contribution is 8.77. The highest BCUT2D eigenvalue weighted by atomic mass is 33.1. The molecule has 0 aliphatic heterocycles. The van der Waals surface area contributed by atoms with Gasteiger partial charge in [0.15, 0.2) is 0 Å². The highest BCUT2D eigenvalue weighted by Crippen LogP contribution is 2.35. The zero-order valence-electron chi connectivity index (χ0n) is 22.4. The van der Waals surface area contributed by atoms with Crippen LogP contribution >= 0.6 is 21.6 Å². The van der Waals surface area contributed by atoms with Gasteiger partial charge in [0, 0.05) is 17.0 Å². The molecule has 2 unspecified atom stereocenters. The molecule has 3 amide bonds. The number of alkyl carbamates (subject to hydrolysis) is 2. The summed E-state index contributed by atoms with van der Waals surface area (Å²) >= 11 is 0. The summed E-state index contributed by atoms with van der Waals surface area (Å²) in [6, 6.07) is -1.88. The number of unbranched alkanes of at least 4 members (excludes halogenated alkanes) is 1. The average Bonchev–Trinajstić information content (AvgIpc) is 2.61. The van der Waals surface area contributed by atoms with E-state index >= 15 is 0 Å². The number of ether oxygens (including phenoxy) is 2. The standard InChI is InChI=1S/C23H43N3O7S2/c1-21(2,3)32-19(30)25-15(18(28)29)12-10-11-13-24-17(27)16(14-34-35-23(7,8)9)26-20(31)33-22(4,5)6/h15-16H,10-14H2,1-9H3,(H,24,27)(H,25,30)(H,26,31)(H,28,29). The number of rotatable bonds is 12. The fourth-order valence-corrected chi connectivity index (χ4v) is 4.89. The first-order valence-corrected chi connectivity index (χ1v) is 13.9. The van der Waals surface area contributed by atoms with E-state index < -0.39 is 41.4 Å². The molecule has 0 aliphatic carbocycles. The molecule has 4 N–H and O–H groups in total. The quantitative estimate of drug-likeness (QED) is 0.211. The van der Waals surface area contributed by atoms with E-state index in [2.05, 4.69) is 36.7 Å². The minimum Gasteiger partial charge on any atom is -0.480 e. The number of carboxylic acid groups (broad SMARTS) is 1. The molecule has 0 saturated heterocycles. The van der Waals surface area contributed by atoms with Gasteiger partial charge in [-0.05, 0) is 60.8 Å². The van der Waals surface area contributed by atoms with Gasteiger partial charge in [-0.2, -0.15) is 0 Å². The number of aliphatic carboxylic acids is 1. The monoisotopic (exact) mass is 537 g/mol. The minimum atomic E-state index is -1.16. The minimum absolute atomic E-state index is 0.00830. The van der Waals surface area contributed by atoms with E-state index in [-0.39, 0.29) is 17.1 Å². The van der Waals surface area contributed by atoms with Gasteiger partial charge in [-0.3, -0.25) is 4.79 Å². The fourth-order valence-electron chi connectivity index (χ4n) is 2.43. The van der Waals surface area contributed by atoms with Crippen molar-refractivity contribution in [2.75, 3.05) is 12.3 Å². The number of carbonyl (C=O) groups excluding carboxylic acids is 3. The zero-order chi connectivity index (χ0) is 27.4. The van der Waals surface area contributed by atoms with E-state index in [9.17, 15) is 24.3 Å². The summed E-state index contributed by atoms with van der Waals surface area (Å²) in [6.07, 6.45) is -0.334. The molecule has 12 heteroatoms. The lowest BCUT2D eigenvalue weighted by molar-refractivity contribution is -0.139. The van der Waals surface area contributed by atoms with Gasteiger partial charge in [0.25, 0.3) is 0 Å². The molecule has 2 atom stereocenters. The van der Waals surface area contributed by atoms with Gasteiger partial charge in [0.05, 0.1) is 0 Å². The Labute approximate surface area is 217 Å². The van der Waals surface area contributed by atoms with Crippen molar-refractivity contribution in [1.29, 1.82) is 0 Å². The van der Waals surface area contributed by atoms with Crippen molar-refractivity contribution in [3.05, 3.63) is 0 Å². The van der Waals surface area contributed by atoms with Crippen molar-refractivity contribution in [1.82, 2.24) is 16.0 Å². The molecule has 0 aromatic heterocycles. The fraction of sp³-hybridized carbons (Fsp3) is 0.826. The lowest BCUT2D eigenvalue weighted by Crippen LogP contribution is -2.49. The lowest BCUT2D eigenvalue weighted by Gasteiger charge is -2.24. The van der Waals surface area contributed by atoms with Crippen molar-refractivity contribution in [2.24, 2.45) is 0 Å². The molecule has 35 heavy (non-hydrogen) atoms. The Morgan fingerprint density at radius 1 is 0.800 bits per heavy atom. The largest absolute Gasteiger partial charge is 0.480 e. The molecule has 10 nitrogen and oxygen atoms in total. The van der Waals surface area contributed by atoms with Crippen LogP contribution in [0.3, 0.4) is 0 Å². The highest BCUT2D eigenvalue weighted by Gasteiger charge is 2.26. The predicted molar refractivity (Wildman–Crippen MR) is 141 cm³/mol. The van der Waals surface area contributed by atoms with Crippen LogP contribution in [-0.2, 0) is 19.1 Å². The molecule has 0 aliphatic rings. The summed E-state index contributed by atoms with van der Waals surface area (Å²) in [5.41, 5.74) is -1.42. The van der Waals surface area contributed by atoms with E-state index in [0.717, 1.165) is 0 Å². The molecule has 0 bridgehead atoms. The Morgan fingerprint density at radius 3 is 1.71 bits per heavy atom. The van der Waals surface area contributed by atoms with E-state index in [1.807, 2.05) is 0 Å². The van der Waals surface area contributed by atoms with Crippen LogP contribution < -0.4 is 16.0 Å². The van der Waals surface area contributed by atoms with Crippen molar-refractivity contribution in [3.8, 4) is 0 Å². The maximum Gasteiger partial charge on any atom is 0.408 e. The van der Waals surface area contributed by atoms with E-state index in [4.69, 9.17) is 9.47 Å². The SMILES string of the molecule is CC(C)(C)OC(=O)NC(CCCCNC(=O)C(CSSC(C)(C)C)NC(=O)OC(C)(C)C)C(=O)O. The second kappa shape index (κ2) is 14.7. The van der Waals surface area contributed by atoms with Gasteiger partial charge in [-0.25, -0.2) is 14.4 Å². The molecular weight excluding hydrogens is 494 g/mol. The van der Waals surface area contributed by atoms with Gasteiger partial charge in [0.2, 0.25) is 5.91 Å². The Kier molecular flexibility index (Phi) is 13.9. The number of amides is 3. The van der Waals surface area contributed by atoms with Gasteiger partial charge < -0.3 is 30.5 Å². The van der Waals surface area contributed by atoms with E-state index in [0.29, 0.717) is 25.1 Å². The Hall–Kier alpha value is -1.82. The Bertz CT molecular complexity index is 713. The zero-order valence-corrected chi connectivity index (χ0v) is 24.0. The number of nitrogens with one attached hydrogen (secondary N) is 3. The van der Waals surface area contributed by atoms with Crippen LogP contribution in [0.1, 0.15) is 81.6 Å². The van der Waals surface area contributed by atoms with Crippen LogP contribution in [0.5, 0.6) is 0 Å². The summed E-state index contributed by atoms with van der Waals surface area (Å²) < 4.78 is 10.4. The third-order valence-electron chi connectivity index (χ3n) is 3.76. The van der Waals surface area contributed by atoms with Crippen molar-refractivity contribution >= 4 is 45.7 Å². The Morgan fingerprint density at radius 2 is 1.29 bits per heavy atom. The summed E-state index contributed by atoms with van der Waals surface area (Å²) in [5.74, 6) is -1.15. The second-order valence-corrected chi connectivity index (χ2v) is 14.2. The van der Waals surface area contributed by atoms with Gasteiger partial charge in [-0.1, -0.05) is 42.4 Å². The molecule has 0 radical (unpaired) electrons. The molecule has 0 aromatic carbocycles. The number of hydrogen-bond acceptors (Lipinski definition) is 8. The summed E-state index contributed by atoms with van der Waals surface area (Å²) in [5, 5.41) is 17.1. The molecule has 204 valence electrons. The number of carbonyl (C=O) groups is 4.